The number of carbonyl (C=O) groups is 1. The Hall–Kier alpha value is -4.77. The van der Waals surface area contributed by atoms with Gasteiger partial charge in [0.2, 0.25) is 5.91 Å². The minimum absolute atomic E-state index is 0.0472. The Bertz CT molecular complexity index is 1650. The van der Waals surface area contributed by atoms with E-state index in [9.17, 15) is 14.9 Å². The zero-order valence-electron chi connectivity index (χ0n) is 23.8. The van der Waals surface area contributed by atoms with Gasteiger partial charge in [-0.05, 0) is 74.4 Å². The van der Waals surface area contributed by atoms with Gasteiger partial charge < -0.3 is 24.8 Å². The lowest BCUT2D eigenvalue weighted by Gasteiger charge is -2.28. The maximum atomic E-state index is 13.0. The first-order chi connectivity index (χ1) is 20.2. The van der Waals surface area contributed by atoms with Gasteiger partial charge in [0.15, 0.2) is 5.11 Å². The molecule has 2 aromatic carbocycles. The van der Waals surface area contributed by atoms with E-state index < -0.39 is 4.92 Å². The van der Waals surface area contributed by atoms with Crippen LogP contribution in [0.3, 0.4) is 0 Å². The highest BCUT2D eigenvalue weighted by atomic mass is 32.1. The zero-order chi connectivity index (χ0) is 30.0. The Labute approximate surface area is 249 Å². The first-order valence-corrected chi connectivity index (χ1v) is 14.0. The number of hydrogen-bond donors (Lipinski definition) is 2. The molecular weight excluding hydrogens is 552 g/mol. The molecule has 0 saturated carbocycles. The van der Waals surface area contributed by atoms with Crippen molar-refractivity contribution in [1.82, 2.24) is 19.8 Å². The number of carbonyl (C=O) groups excluding carboxylic acids is 1. The first kappa shape index (κ1) is 28.7. The molecule has 0 bridgehead atoms. The van der Waals surface area contributed by atoms with Crippen LogP contribution in [0.25, 0.3) is 5.69 Å². The first-order valence-electron chi connectivity index (χ1n) is 13.5. The second-order valence-corrected chi connectivity index (χ2v) is 10.6. The van der Waals surface area contributed by atoms with Gasteiger partial charge in [0.1, 0.15) is 5.75 Å². The summed E-state index contributed by atoms with van der Waals surface area (Å²) in [6.45, 7) is 6.33. The van der Waals surface area contributed by atoms with E-state index in [1.165, 1.54) is 19.2 Å². The standard InChI is InChI=1S/C31H32N6O4S/c1-19-9-5-6-10-24(19)33-28(38)14-16-35-30(29(34-31(35)42)25-11-7-8-15-32-25)23-17-20(2)36(21(23)3)26-13-12-22(37(39)40)18-27(26)41-4/h5-13,15,17-18,29-30H,14,16H2,1-4H3,(H,33,38)(H,34,42)/t29-,30+/m1/s1. The fourth-order valence-electron chi connectivity index (χ4n) is 5.56. The van der Waals surface area contributed by atoms with Gasteiger partial charge in [-0.25, -0.2) is 0 Å². The number of benzene rings is 2. The van der Waals surface area contributed by atoms with Crippen LogP contribution in [0.15, 0.2) is 72.9 Å². The largest absolute Gasteiger partial charge is 0.494 e. The molecule has 1 amide bonds. The molecule has 0 aliphatic carbocycles. The summed E-state index contributed by atoms with van der Waals surface area (Å²) in [7, 11) is 1.50. The van der Waals surface area contributed by atoms with Crippen molar-refractivity contribution in [3.05, 3.63) is 111 Å². The third-order valence-corrected chi connectivity index (χ3v) is 7.95. The van der Waals surface area contributed by atoms with Gasteiger partial charge in [0.05, 0.1) is 41.6 Å². The number of ether oxygens (including phenoxy) is 1. The van der Waals surface area contributed by atoms with Crippen molar-refractivity contribution in [3.63, 3.8) is 0 Å². The van der Waals surface area contributed by atoms with Crippen LogP contribution in [-0.2, 0) is 4.79 Å². The van der Waals surface area contributed by atoms with Crippen LogP contribution in [0.1, 0.15) is 46.7 Å². The highest BCUT2D eigenvalue weighted by Crippen LogP contribution is 2.42. The highest BCUT2D eigenvalue weighted by Gasteiger charge is 2.41. The number of nitro benzene ring substituents is 1. The molecule has 5 rings (SSSR count). The van der Waals surface area contributed by atoms with E-state index in [1.807, 2.05) is 72.7 Å². The molecular formula is C31H32N6O4S. The lowest BCUT2D eigenvalue weighted by molar-refractivity contribution is -0.384. The van der Waals surface area contributed by atoms with Crippen LogP contribution in [-0.4, -0.2) is 44.0 Å². The topological polar surface area (TPSA) is 115 Å². The summed E-state index contributed by atoms with van der Waals surface area (Å²) >= 11 is 5.82. The van der Waals surface area contributed by atoms with E-state index in [0.29, 0.717) is 23.1 Å². The molecule has 11 heteroatoms. The summed E-state index contributed by atoms with van der Waals surface area (Å²) in [6, 6.07) is 19.6. The van der Waals surface area contributed by atoms with Gasteiger partial charge in [-0.2, -0.15) is 0 Å². The molecule has 10 nitrogen and oxygen atoms in total. The second kappa shape index (κ2) is 12.0. The molecule has 42 heavy (non-hydrogen) atoms. The maximum absolute atomic E-state index is 13.0. The van der Waals surface area contributed by atoms with Crippen LogP contribution in [0.5, 0.6) is 5.75 Å². The van der Waals surface area contributed by atoms with E-state index in [4.69, 9.17) is 17.0 Å². The molecule has 1 aliphatic rings. The van der Waals surface area contributed by atoms with Crippen LogP contribution in [0.2, 0.25) is 0 Å². The van der Waals surface area contributed by atoms with E-state index in [-0.39, 0.29) is 30.1 Å². The quantitative estimate of drug-likeness (QED) is 0.146. The minimum atomic E-state index is -0.442. The fraction of sp³-hybridized carbons (Fsp3) is 0.258. The predicted molar refractivity (Wildman–Crippen MR) is 165 cm³/mol. The van der Waals surface area contributed by atoms with Crippen LogP contribution in [0.4, 0.5) is 11.4 Å². The molecule has 3 heterocycles. The van der Waals surface area contributed by atoms with Crippen molar-refractivity contribution in [2.24, 2.45) is 0 Å². The maximum Gasteiger partial charge on any atom is 0.273 e. The van der Waals surface area contributed by atoms with Gasteiger partial charge in [-0.1, -0.05) is 24.3 Å². The Morgan fingerprint density at radius 3 is 2.57 bits per heavy atom. The van der Waals surface area contributed by atoms with Crippen molar-refractivity contribution in [3.8, 4) is 11.4 Å². The van der Waals surface area contributed by atoms with E-state index in [0.717, 1.165) is 33.9 Å². The average Bonchev–Trinajstić information content (AvgIpc) is 3.47. The van der Waals surface area contributed by atoms with Crippen LogP contribution >= 0.6 is 12.2 Å². The van der Waals surface area contributed by atoms with Crippen LogP contribution in [0, 0.1) is 30.9 Å². The fourth-order valence-corrected chi connectivity index (χ4v) is 5.89. The molecule has 0 unspecified atom stereocenters. The monoisotopic (exact) mass is 584 g/mol. The Kier molecular flexibility index (Phi) is 8.21. The van der Waals surface area contributed by atoms with Gasteiger partial charge in [0.25, 0.3) is 5.69 Å². The SMILES string of the molecule is COc1cc([N+](=O)[O-])ccc1-n1c(C)cc([C@H]2[C@@H](c3ccccn3)NC(=S)N2CCC(=O)Nc2ccccc2C)c1C. The van der Waals surface area contributed by atoms with E-state index in [1.54, 1.807) is 12.3 Å². The summed E-state index contributed by atoms with van der Waals surface area (Å²) < 4.78 is 7.59. The molecule has 2 atom stereocenters. The summed E-state index contributed by atoms with van der Waals surface area (Å²) in [5, 5.41) is 18.4. The predicted octanol–water partition coefficient (Wildman–Crippen LogP) is 5.72. The Morgan fingerprint density at radius 2 is 1.88 bits per heavy atom. The molecule has 2 aromatic heterocycles. The van der Waals surface area contributed by atoms with Crippen molar-refractivity contribution in [2.45, 2.75) is 39.3 Å². The number of hydrogen-bond acceptors (Lipinski definition) is 6. The minimum Gasteiger partial charge on any atom is -0.494 e. The van der Waals surface area contributed by atoms with Gasteiger partial charge >= 0.3 is 0 Å². The third-order valence-electron chi connectivity index (χ3n) is 7.60. The summed E-state index contributed by atoms with van der Waals surface area (Å²) in [4.78, 5) is 30.6. The molecule has 1 aliphatic heterocycles. The number of nitrogens with zero attached hydrogens (tertiary/aromatic N) is 4. The Balaban J connectivity index is 1.51. The highest BCUT2D eigenvalue weighted by molar-refractivity contribution is 7.80. The lowest BCUT2D eigenvalue weighted by Crippen LogP contribution is -2.33. The number of nitrogens with one attached hydrogen (secondary N) is 2. The van der Waals surface area contributed by atoms with Crippen molar-refractivity contribution < 1.29 is 14.5 Å². The van der Waals surface area contributed by atoms with E-state index >= 15 is 0 Å². The summed E-state index contributed by atoms with van der Waals surface area (Å²) in [5.74, 6) is 0.289. The molecule has 2 N–H and O–H groups in total. The zero-order valence-corrected chi connectivity index (χ0v) is 24.6. The Morgan fingerprint density at radius 1 is 1.12 bits per heavy atom. The molecule has 4 aromatic rings. The summed E-state index contributed by atoms with van der Waals surface area (Å²) in [6.07, 6.45) is 1.98. The number of thiocarbonyl (C=S) groups is 1. The summed E-state index contributed by atoms with van der Waals surface area (Å²) in [5.41, 5.74) is 6.09. The number of amides is 1. The number of anilines is 1. The lowest BCUT2D eigenvalue weighted by atomic mass is 9.96. The van der Waals surface area contributed by atoms with Gasteiger partial charge in [-0.3, -0.25) is 19.9 Å². The number of aromatic nitrogens is 2. The third kappa shape index (κ3) is 5.55. The number of methoxy groups -OCH3 is 1. The van der Waals surface area contributed by atoms with Crippen molar-refractivity contribution >= 4 is 34.6 Å². The van der Waals surface area contributed by atoms with Crippen molar-refractivity contribution in [2.75, 3.05) is 19.0 Å². The van der Waals surface area contributed by atoms with Crippen molar-refractivity contribution in [1.29, 1.82) is 0 Å². The molecule has 1 saturated heterocycles. The van der Waals surface area contributed by atoms with Gasteiger partial charge in [0, 0.05) is 42.3 Å². The smallest absolute Gasteiger partial charge is 0.273 e. The number of non-ortho nitro benzene ring substituents is 1. The average molecular weight is 585 g/mol. The number of pyridine rings is 1. The van der Waals surface area contributed by atoms with E-state index in [2.05, 4.69) is 21.7 Å². The number of para-hydroxylation sites is 1. The number of aryl methyl sites for hydroxylation is 2. The molecule has 0 spiro atoms. The molecule has 0 radical (unpaired) electrons. The normalized spacial score (nSPS) is 16.3. The number of nitro groups is 1. The van der Waals surface area contributed by atoms with Crippen LogP contribution < -0.4 is 15.4 Å². The second-order valence-electron chi connectivity index (χ2n) is 10.2. The molecule has 216 valence electrons. The van der Waals surface area contributed by atoms with Gasteiger partial charge in [-0.15, -0.1) is 0 Å². The molecule has 1 fully saturated rings. The number of rotatable bonds is 9.